The molecule has 2 atom stereocenters. The second-order valence-electron chi connectivity index (χ2n) is 8.39. The minimum atomic E-state index is -0.284. The second kappa shape index (κ2) is 8.46. The predicted molar refractivity (Wildman–Crippen MR) is 111 cm³/mol. The highest BCUT2D eigenvalue weighted by atomic mass is 16.5. The Hall–Kier alpha value is -2.17. The number of hydrogen-bond acceptors (Lipinski definition) is 4. The van der Waals surface area contributed by atoms with E-state index in [-0.39, 0.29) is 5.97 Å². The summed E-state index contributed by atoms with van der Waals surface area (Å²) in [5, 5.41) is 7.47. The molecular formula is C24H30N2O2. The van der Waals surface area contributed by atoms with Crippen LogP contribution in [0, 0.1) is 5.41 Å². The van der Waals surface area contributed by atoms with Crippen molar-refractivity contribution in [2.24, 2.45) is 5.41 Å². The van der Waals surface area contributed by atoms with E-state index in [0.29, 0.717) is 22.9 Å². The molecule has 0 spiro atoms. The summed E-state index contributed by atoms with van der Waals surface area (Å²) in [5.41, 5.74) is 3.66. The largest absolute Gasteiger partial charge is 0.465 e. The van der Waals surface area contributed by atoms with Gasteiger partial charge in [-0.2, -0.15) is 0 Å². The smallest absolute Gasteiger partial charge is 0.337 e. The van der Waals surface area contributed by atoms with Gasteiger partial charge in [0.15, 0.2) is 0 Å². The minimum Gasteiger partial charge on any atom is -0.465 e. The van der Waals surface area contributed by atoms with Crippen molar-refractivity contribution in [3.8, 4) is 0 Å². The highest BCUT2D eigenvalue weighted by Crippen LogP contribution is 2.44. The van der Waals surface area contributed by atoms with E-state index in [0.717, 1.165) is 19.6 Å². The molecule has 0 aromatic heterocycles. The summed E-state index contributed by atoms with van der Waals surface area (Å²) < 4.78 is 4.75. The van der Waals surface area contributed by atoms with Crippen LogP contribution in [0.1, 0.15) is 53.1 Å². The van der Waals surface area contributed by atoms with Crippen molar-refractivity contribution in [3.05, 3.63) is 71.3 Å². The molecule has 2 N–H and O–H groups in total. The fraction of sp³-hybridized carbons (Fsp3) is 0.458. The van der Waals surface area contributed by atoms with Gasteiger partial charge >= 0.3 is 5.97 Å². The van der Waals surface area contributed by atoms with Crippen molar-refractivity contribution >= 4 is 5.97 Å². The first-order valence-electron chi connectivity index (χ1n) is 10.4. The molecule has 2 aromatic carbocycles. The summed E-state index contributed by atoms with van der Waals surface area (Å²) in [7, 11) is 1.41. The Morgan fingerprint density at radius 1 is 1.07 bits per heavy atom. The van der Waals surface area contributed by atoms with Crippen LogP contribution < -0.4 is 10.6 Å². The molecule has 0 bridgehead atoms. The molecule has 0 saturated heterocycles. The topological polar surface area (TPSA) is 50.4 Å². The van der Waals surface area contributed by atoms with E-state index >= 15 is 0 Å². The van der Waals surface area contributed by atoms with E-state index in [1.807, 2.05) is 24.3 Å². The number of benzene rings is 2. The number of esters is 1. The quantitative estimate of drug-likeness (QED) is 0.650. The Balaban J connectivity index is 1.22. The molecule has 1 unspecified atom stereocenters. The van der Waals surface area contributed by atoms with Gasteiger partial charge in [0, 0.05) is 31.6 Å². The Bertz CT molecular complexity index is 784. The van der Waals surface area contributed by atoms with E-state index in [9.17, 15) is 4.79 Å². The first-order valence-corrected chi connectivity index (χ1v) is 10.4. The van der Waals surface area contributed by atoms with Gasteiger partial charge in [-0.15, -0.1) is 0 Å². The molecule has 0 aliphatic heterocycles. The van der Waals surface area contributed by atoms with Gasteiger partial charge in [-0.25, -0.2) is 4.79 Å². The van der Waals surface area contributed by atoms with E-state index in [1.54, 1.807) is 0 Å². The SMILES string of the molecule is COC(=O)c1ccc(CNCC2(CN[C@H]3CC3c3ccccc3)CCC2)cc1. The number of carbonyl (C=O) groups excluding carboxylic acids is 1. The third-order valence-electron chi connectivity index (χ3n) is 6.38. The third-order valence-corrected chi connectivity index (χ3v) is 6.38. The lowest BCUT2D eigenvalue weighted by Gasteiger charge is -2.42. The van der Waals surface area contributed by atoms with Crippen LogP contribution in [0.25, 0.3) is 0 Å². The lowest BCUT2D eigenvalue weighted by molar-refractivity contribution is 0.0600. The van der Waals surface area contributed by atoms with E-state index in [4.69, 9.17) is 4.74 Å². The van der Waals surface area contributed by atoms with E-state index in [1.165, 1.54) is 43.9 Å². The maximum Gasteiger partial charge on any atom is 0.337 e. The van der Waals surface area contributed by atoms with Gasteiger partial charge in [0.2, 0.25) is 0 Å². The van der Waals surface area contributed by atoms with Gasteiger partial charge in [0.25, 0.3) is 0 Å². The first kappa shape index (κ1) is 19.2. The Kier molecular flexibility index (Phi) is 5.79. The zero-order chi connectivity index (χ0) is 19.4. The fourth-order valence-electron chi connectivity index (χ4n) is 4.28. The molecule has 0 amide bonds. The van der Waals surface area contributed by atoms with Gasteiger partial charge < -0.3 is 15.4 Å². The standard InChI is InChI=1S/C24H30N2O2/c1-28-23(27)20-10-8-18(9-11-20)15-25-16-24(12-5-13-24)17-26-22-14-21(22)19-6-3-2-4-7-19/h2-4,6-11,21-22,25-26H,5,12-17H2,1H3/t21?,22-/m0/s1. The molecule has 2 saturated carbocycles. The number of nitrogens with one attached hydrogen (secondary N) is 2. The van der Waals surface area contributed by atoms with Crippen LogP contribution in [0.5, 0.6) is 0 Å². The fourth-order valence-corrected chi connectivity index (χ4v) is 4.28. The maximum absolute atomic E-state index is 11.5. The summed E-state index contributed by atoms with van der Waals surface area (Å²) in [6, 6.07) is 19.2. The van der Waals surface area contributed by atoms with Crippen LogP contribution in [0.3, 0.4) is 0 Å². The molecule has 4 nitrogen and oxygen atoms in total. The normalized spacial score (nSPS) is 22.3. The lowest BCUT2D eigenvalue weighted by Crippen LogP contribution is -2.47. The summed E-state index contributed by atoms with van der Waals surface area (Å²) in [5.74, 6) is 0.410. The Morgan fingerprint density at radius 2 is 1.82 bits per heavy atom. The van der Waals surface area contributed by atoms with Crippen molar-refractivity contribution in [1.82, 2.24) is 10.6 Å². The first-order chi connectivity index (χ1) is 13.7. The van der Waals surface area contributed by atoms with Gasteiger partial charge in [-0.3, -0.25) is 0 Å². The highest BCUT2D eigenvalue weighted by Gasteiger charge is 2.42. The van der Waals surface area contributed by atoms with Crippen LogP contribution in [0.4, 0.5) is 0 Å². The van der Waals surface area contributed by atoms with Crippen molar-refractivity contribution in [2.75, 3.05) is 20.2 Å². The molecule has 2 fully saturated rings. The molecule has 4 heteroatoms. The van der Waals surface area contributed by atoms with Gasteiger partial charge in [-0.1, -0.05) is 48.9 Å². The van der Waals surface area contributed by atoms with Gasteiger partial charge in [-0.05, 0) is 47.9 Å². The summed E-state index contributed by atoms with van der Waals surface area (Å²) in [6.07, 6.45) is 5.21. The average molecular weight is 379 g/mol. The zero-order valence-electron chi connectivity index (χ0n) is 16.6. The van der Waals surface area contributed by atoms with Crippen LogP contribution >= 0.6 is 0 Å². The number of rotatable bonds is 9. The van der Waals surface area contributed by atoms with Gasteiger partial charge in [0.05, 0.1) is 12.7 Å². The Morgan fingerprint density at radius 3 is 2.46 bits per heavy atom. The molecule has 2 aliphatic carbocycles. The summed E-state index contributed by atoms with van der Waals surface area (Å²) in [6.45, 7) is 2.98. The van der Waals surface area contributed by atoms with Crippen molar-refractivity contribution in [2.45, 2.75) is 44.2 Å². The lowest BCUT2D eigenvalue weighted by atomic mass is 9.68. The number of methoxy groups -OCH3 is 1. The average Bonchev–Trinajstić information content (AvgIpc) is 3.49. The number of carbonyl (C=O) groups is 1. The molecule has 2 aliphatic rings. The van der Waals surface area contributed by atoms with Crippen LogP contribution in [0.2, 0.25) is 0 Å². The van der Waals surface area contributed by atoms with Gasteiger partial charge in [0.1, 0.15) is 0 Å². The third kappa shape index (κ3) is 4.45. The molecule has 148 valence electrons. The van der Waals surface area contributed by atoms with E-state index < -0.39 is 0 Å². The minimum absolute atomic E-state index is 0.284. The molecule has 2 aromatic rings. The van der Waals surface area contributed by atoms with Crippen LogP contribution in [-0.4, -0.2) is 32.2 Å². The molecule has 0 heterocycles. The second-order valence-corrected chi connectivity index (χ2v) is 8.39. The molecule has 28 heavy (non-hydrogen) atoms. The Labute approximate surface area is 167 Å². The molecule has 4 rings (SSSR count). The zero-order valence-corrected chi connectivity index (χ0v) is 16.6. The molecule has 0 radical (unpaired) electrons. The van der Waals surface area contributed by atoms with Crippen molar-refractivity contribution in [1.29, 1.82) is 0 Å². The van der Waals surface area contributed by atoms with Crippen molar-refractivity contribution < 1.29 is 9.53 Å². The number of ether oxygens (including phenoxy) is 1. The monoisotopic (exact) mass is 378 g/mol. The maximum atomic E-state index is 11.5. The predicted octanol–water partition coefficient (Wildman–Crippen LogP) is 3.88. The number of hydrogen-bond donors (Lipinski definition) is 2. The highest BCUT2D eigenvalue weighted by molar-refractivity contribution is 5.89. The summed E-state index contributed by atoms with van der Waals surface area (Å²) in [4.78, 5) is 11.5. The summed E-state index contributed by atoms with van der Waals surface area (Å²) >= 11 is 0. The molecular weight excluding hydrogens is 348 g/mol. The van der Waals surface area contributed by atoms with Crippen molar-refractivity contribution in [3.63, 3.8) is 0 Å². The van der Waals surface area contributed by atoms with E-state index in [2.05, 4.69) is 41.0 Å². The van der Waals surface area contributed by atoms with Crippen LogP contribution in [0.15, 0.2) is 54.6 Å². The van der Waals surface area contributed by atoms with Crippen LogP contribution in [-0.2, 0) is 11.3 Å².